The molecule has 0 radical (unpaired) electrons. The molecule has 0 saturated heterocycles. The molecule has 0 bridgehead atoms. The molecule has 0 aliphatic heterocycles. The van der Waals surface area contributed by atoms with E-state index in [-0.39, 0.29) is 5.92 Å². The third-order valence-electron chi connectivity index (χ3n) is 5.66. The monoisotopic (exact) mass is 340 g/mol. The Morgan fingerprint density at radius 1 is 0.880 bits per heavy atom. The molecule has 2 aromatic rings. The molecule has 2 rings (SSSR count). The molecule has 0 saturated carbocycles. The van der Waals surface area contributed by atoms with Crippen molar-refractivity contribution in [1.82, 2.24) is 0 Å². The van der Waals surface area contributed by atoms with Crippen LogP contribution in [0, 0.1) is 26.7 Å². The van der Waals surface area contributed by atoms with E-state index in [2.05, 4.69) is 72.7 Å². The van der Waals surface area contributed by atoms with E-state index in [0.29, 0.717) is 5.92 Å². The first-order valence-corrected chi connectivity index (χ1v) is 9.12. The number of aliphatic hydroxyl groups is 1. The molecule has 0 spiro atoms. The van der Waals surface area contributed by atoms with E-state index in [1.54, 1.807) is 7.11 Å². The Kier molecular flexibility index (Phi) is 5.63. The minimum Gasteiger partial charge on any atom is -0.496 e. The van der Waals surface area contributed by atoms with Gasteiger partial charge in [0.25, 0.3) is 0 Å². The molecular formula is C23H32O2. The first kappa shape index (κ1) is 19.5. The summed E-state index contributed by atoms with van der Waals surface area (Å²) >= 11 is 0. The number of ether oxygens (including phenoxy) is 1. The fourth-order valence-corrected chi connectivity index (χ4v) is 3.55. The van der Waals surface area contributed by atoms with Crippen molar-refractivity contribution >= 4 is 0 Å². The molecule has 0 aliphatic carbocycles. The molecule has 0 heterocycles. The van der Waals surface area contributed by atoms with Gasteiger partial charge in [0.1, 0.15) is 11.4 Å². The maximum Gasteiger partial charge on any atom is 0.122 e. The zero-order chi connectivity index (χ0) is 18.9. The number of benzene rings is 2. The summed E-state index contributed by atoms with van der Waals surface area (Å²) in [5.41, 5.74) is 5.52. The maximum atomic E-state index is 11.8. The lowest BCUT2D eigenvalue weighted by atomic mass is 9.74. The second-order valence-electron chi connectivity index (χ2n) is 7.70. The van der Waals surface area contributed by atoms with Gasteiger partial charge in [-0.1, -0.05) is 52.0 Å². The molecule has 0 fully saturated rings. The number of hydrogen-bond donors (Lipinski definition) is 1. The van der Waals surface area contributed by atoms with Gasteiger partial charge < -0.3 is 9.84 Å². The van der Waals surface area contributed by atoms with Crippen LogP contribution in [0.1, 0.15) is 67.0 Å². The van der Waals surface area contributed by atoms with Crippen molar-refractivity contribution in [1.29, 1.82) is 0 Å². The second kappa shape index (κ2) is 7.21. The Morgan fingerprint density at radius 2 is 1.44 bits per heavy atom. The average molecular weight is 341 g/mol. The summed E-state index contributed by atoms with van der Waals surface area (Å²) in [5, 5.41) is 11.8. The zero-order valence-corrected chi connectivity index (χ0v) is 16.9. The van der Waals surface area contributed by atoms with Crippen LogP contribution in [-0.2, 0) is 5.60 Å². The molecular weight excluding hydrogens is 308 g/mol. The smallest absolute Gasteiger partial charge is 0.122 e. The first-order chi connectivity index (χ1) is 11.6. The summed E-state index contributed by atoms with van der Waals surface area (Å²) in [5.74, 6) is 1.34. The predicted molar refractivity (Wildman–Crippen MR) is 106 cm³/mol. The van der Waals surface area contributed by atoms with E-state index >= 15 is 0 Å². The van der Waals surface area contributed by atoms with E-state index in [1.807, 2.05) is 6.07 Å². The Morgan fingerprint density at radius 3 is 1.88 bits per heavy atom. The molecule has 0 aliphatic rings. The highest BCUT2D eigenvalue weighted by Crippen LogP contribution is 2.42. The highest BCUT2D eigenvalue weighted by Gasteiger charge is 2.37. The number of rotatable bonds is 5. The topological polar surface area (TPSA) is 29.5 Å². The van der Waals surface area contributed by atoms with Gasteiger partial charge in [-0.3, -0.25) is 0 Å². The minimum absolute atomic E-state index is 0.0305. The molecule has 1 unspecified atom stereocenters. The Bertz CT molecular complexity index is 742. The van der Waals surface area contributed by atoms with E-state index in [4.69, 9.17) is 4.74 Å². The molecule has 25 heavy (non-hydrogen) atoms. The molecule has 136 valence electrons. The highest BCUT2D eigenvalue weighted by molar-refractivity contribution is 5.53. The van der Waals surface area contributed by atoms with Crippen LogP contribution in [0.2, 0.25) is 0 Å². The van der Waals surface area contributed by atoms with Crippen molar-refractivity contribution in [2.45, 2.75) is 60.0 Å². The van der Waals surface area contributed by atoms with E-state index in [9.17, 15) is 5.11 Å². The van der Waals surface area contributed by atoms with Crippen LogP contribution in [0.25, 0.3) is 0 Å². The van der Waals surface area contributed by atoms with Gasteiger partial charge in [-0.15, -0.1) is 0 Å². The van der Waals surface area contributed by atoms with Crippen LogP contribution in [0.15, 0.2) is 30.3 Å². The Balaban J connectivity index is 2.71. The van der Waals surface area contributed by atoms with Gasteiger partial charge in [0.2, 0.25) is 0 Å². The van der Waals surface area contributed by atoms with Crippen LogP contribution in [0.3, 0.4) is 0 Å². The molecule has 2 heteroatoms. The second-order valence-corrected chi connectivity index (χ2v) is 7.70. The zero-order valence-electron chi connectivity index (χ0n) is 16.9. The van der Waals surface area contributed by atoms with Crippen molar-refractivity contribution in [2.75, 3.05) is 7.11 Å². The van der Waals surface area contributed by atoms with Crippen LogP contribution in [0.4, 0.5) is 0 Å². The molecule has 0 aromatic heterocycles. The summed E-state index contributed by atoms with van der Waals surface area (Å²) in [7, 11) is 1.69. The van der Waals surface area contributed by atoms with Crippen molar-refractivity contribution in [3.8, 4) is 5.75 Å². The van der Waals surface area contributed by atoms with Gasteiger partial charge in [0.15, 0.2) is 0 Å². The average Bonchev–Trinajstić information content (AvgIpc) is 2.59. The summed E-state index contributed by atoms with van der Waals surface area (Å²) in [6, 6.07) is 10.4. The Hall–Kier alpha value is -1.80. The lowest BCUT2D eigenvalue weighted by Gasteiger charge is -2.36. The maximum absolute atomic E-state index is 11.8. The van der Waals surface area contributed by atoms with Gasteiger partial charge in [0, 0.05) is 0 Å². The minimum atomic E-state index is -1.05. The normalized spacial score (nSPS) is 14.0. The lowest BCUT2D eigenvalue weighted by molar-refractivity contribution is 0.0309. The van der Waals surface area contributed by atoms with Gasteiger partial charge in [-0.25, -0.2) is 0 Å². The van der Waals surface area contributed by atoms with Crippen LogP contribution in [0.5, 0.6) is 5.75 Å². The van der Waals surface area contributed by atoms with Crippen molar-refractivity contribution < 1.29 is 9.84 Å². The van der Waals surface area contributed by atoms with Gasteiger partial charge in [-0.2, -0.15) is 0 Å². The van der Waals surface area contributed by atoms with Gasteiger partial charge >= 0.3 is 0 Å². The highest BCUT2D eigenvalue weighted by atomic mass is 16.5. The van der Waals surface area contributed by atoms with Gasteiger partial charge in [-0.05, 0) is 72.1 Å². The lowest BCUT2D eigenvalue weighted by Crippen LogP contribution is -2.34. The number of hydrogen-bond acceptors (Lipinski definition) is 2. The first-order valence-electron chi connectivity index (χ1n) is 9.12. The third kappa shape index (κ3) is 3.32. The summed E-state index contributed by atoms with van der Waals surface area (Å²) in [6.07, 6.45) is 0. The molecule has 1 N–H and O–H groups in total. The van der Waals surface area contributed by atoms with E-state index in [0.717, 1.165) is 28.0 Å². The fraction of sp³-hybridized carbons (Fsp3) is 0.478. The van der Waals surface area contributed by atoms with Crippen molar-refractivity contribution in [2.24, 2.45) is 5.92 Å². The third-order valence-corrected chi connectivity index (χ3v) is 5.66. The Labute approximate surface area is 152 Å². The summed E-state index contributed by atoms with van der Waals surface area (Å²) in [6.45, 7) is 14.8. The van der Waals surface area contributed by atoms with Crippen molar-refractivity contribution in [3.05, 3.63) is 63.7 Å². The summed E-state index contributed by atoms with van der Waals surface area (Å²) < 4.78 is 5.57. The van der Waals surface area contributed by atoms with Crippen LogP contribution < -0.4 is 4.74 Å². The molecule has 0 amide bonds. The van der Waals surface area contributed by atoms with Crippen LogP contribution in [-0.4, -0.2) is 12.2 Å². The number of methoxy groups -OCH3 is 1. The largest absolute Gasteiger partial charge is 0.496 e. The van der Waals surface area contributed by atoms with Gasteiger partial charge in [0.05, 0.1) is 7.11 Å². The molecule has 2 aromatic carbocycles. The molecule has 2 nitrogen and oxygen atoms in total. The predicted octanol–water partition coefficient (Wildman–Crippen LogP) is 5.64. The quantitative estimate of drug-likeness (QED) is 0.763. The van der Waals surface area contributed by atoms with Crippen molar-refractivity contribution in [3.63, 3.8) is 0 Å². The summed E-state index contributed by atoms with van der Waals surface area (Å²) in [4.78, 5) is 0. The SMILES string of the molecule is COc1cc(C(O)(c2ccc(C(C)C)cc2)C(C)C)c(C)c(C)c1C. The molecule has 1 atom stereocenters. The fourth-order valence-electron chi connectivity index (χ4n) is 3.55. The van der Waals surface area contributed by atoms with E-state index in [1.165, 1.54) is 11.1 Å². The van der Waals surface area contributed by atoms with Crippen LogP contribution >= 0.6 is 0 Å². The standard InChI is InChI=1S/C23H32O2/c1-14(2)19-9-11-20(12-10-19)23(24,15(3)4)21-13-22(25-8)18(7)16(5)17(21)6/h9-15,24H,1-8H3. The van der Waals surface area contributed by atoms with E-state index < -0.39 is 5.60 Å².